The average molecular weight is 510 g/mol. The van der Waals surface area contributed by atoms with Gasteiger partial charge >= 0.3 is 0 Å². The lowest BCUT2D eigenvalue weighted by atomic mass is 10.1. The summed E-state index contributed by atoms with van der Waals surface area (Å²) in [5, 5.41) is 11.7. The van der Waals surface area contributed by atoms with Crippen molar-refractivity contribution in [1.29, 1.82) is 0 Å². The Balaban J connectivity index is 1.42. The minimum absolute atomic E-state index is 0.0314. The lowest BCUT2D eigenvalue weighted by molar-refractivity contribution is -0.384. The molecule has 8 heteroatoms. The second kappa shape index (κ2) is 10.7. The summed E-state index contributed by atoms with van der Waals surface area (Å²) >= 11 is 1.32. The van der Waals surface area contributed by atoms with Crippen LogP contribution in [-0.4, -0.2) is 27.4 Å². The summed E-state index contributed by atoms with van der Waals surface area (Å²) < 4.78 is 6.01. The molecule has 4 aromatic rings. The van der Waals surface area contributed by atoms with Crippen LogP contribution in [-0.2, 0) is 11.2 Å². The third-order valence-electron chi connectivity index (χ3n) is 5.92. The molecule has 0 spiro atoms. The molecular weight excluding hydrogens is 486 g/mol. The summed E-state index contributed by atoms with van der Waals surface area (Å²) in [6.07, 6.45) is 2.43. The molecule has 0 bridgehead atoms. The van der Waals surface area contributed by atoms with E-state index in [0.29, 0.717) is 34.6 Å². The van der Waals surface area contributed by atoms with Gasteiger partial charge in [-0.3, -0.25) is 19.8 Å². The quantitative estimate of drug-likeness (QED) is 0.152. The van der Waals surface area contributed by atoms with Crippen molar-refractivity contribution in [3.63, 3.8) is 0 Å². The summed E-state index contributed by atoms with van der Waals surface area (Å²) in [7, 11) is 0. The van der Waals surface area contributed by atoms with Crippen LogP contribution >= 0.6 is 11.8 Å². The number of para-hydroxylation sites is 1. The Morgan fingerprint density at radius 1 is 1.00 bits per heavy atom. The van der Waals surface area contributed by atoms with E-state index in [4.69, 9.17) is 9.41 Å². The molecule has 1 saturated heterocycles. The number of non-ortho nitro benzene ring substituents is 1. The molecule has 184 valence electrons. The van der Waals surface area contributed by atoms with Crippen LogP contribution in [0.2, 0.25) is 0 Å². The van der Waals surface area contributed by atoms with Crippen LogP contribution in [0.15, 0.2) is 105 Å². The topological polar surface area (TPSA) is 89.0 Å². The lowest BCUT2D eigenvalue weighted by Crippen LogP contribution is -2.31. The summed E-state index contributed by atoms with van der Waals surface area (Å²) in [6.45, 7) is 2.31. The zero-order valence-corrected chi connectivity index (χ0v) is 20.9. The maximum Gasteiger partial charge on any atom is 0.269 e. The van der Waals surface area contributed by atoms with Crippen LogP contribution in [0.1, 0.15) is 16.9 Å². The molecule has 37 heavy (non-hydrogen) atoms. The van der Waals surface area contributed by atoms with E-state index in [2.05, 4.69) is 0 Å². The van der Waals surface area contributed by atoms with Crippen molar-refractivity contribution < 1.29 is 14.1 Å². The Morgan fingerprint density at radius 3 is 2.43 bits per heavy atom. The minimum Gasteiger partial charge on any atom is -0.457 e. The average Bonchev–Trinajstić information content (AvgIpc) is 3.48. The molecule has 3 aromatic carbocycles. The number of carbonyl (C=O) groups excluding carboxylic acids is 1. The van der Waals surface area contributed by atoms with Crippen LogP contribution in [0, 0.1) is 17.0 Å². The molecule has 0 radical (unpaired) electrons. The van der Waals surface area contributed by atoms with E-state index >= 15 is 0 Å². The first kappa shape index (κ1) is 24.3. The van der Waals surface area contributed by atoms with E-state index in [1.807, 2.05) is 60.7 Å². The van der Waals surface area contributed by atoms with Crippen LogP contribution in [0.25, 0.3) is 17.4 Å². The van der Waals surface area contributed by atoms with Crippen molar-refractivity contribution >= 4 is 40.3 Å². The zero-order chi connectivity index (χ0) is 25.8. The predicted octanol–water partition coefficient (Wildman–Crippen LogP) is 7.01. The molecule has 1 aliphatic heterocycles. The lowest BCUT2D eigenvalue weighted by Gasteiger charge is -2.15. The van der Waals surface area contributed by atoms with E-state index in [-0.39, 0.29) is 11.6 Å². The largest absolute Gasteiger partial charge is 0.457 e. The van der Waals surface area contributed by atoms with Crippen molar-refractivity contribution in [2.75, 3.05) is 6.54 Å². The number of benzene rings is 3. The smallest absolute Gasteiger partial charge is 0.269 e. The van der Waals surface area contributed by atoms with Gasteiger partial charge in [-0.25, -0.2) is 4.99 Å². The maximum atomic E-state index is 13.4. The van der Waals surface area contributed by atoms with Gasteiger partial charge in [0.15, 0.2) is 5.17 Å². The number of hydrogen-bond acceptors (Lipinski definition) is 6. The summed E-state index contributed by atoms with van der Waals surface area (Å²) in [5.41, 5.74) is 3.45. The Kier molecular flexibility index (Phi) is 7.00. The van der Waals surface area contributed by atoms with Gasteiger partial charge in [-0.1, -0.05) is 48.5 Å². The number of aliphatic imine (C=N–C) groups is 1. The Hall–Kier alpha value is -4.43. The summed E-state index contributed by atoms with van der Waals surface area (Å²) in [4.78, 5) is 31.0. The van der Waals surface area contributed by atoms with E-state index in [0.717, 1.165) is 22.4 Å². The number of amidine groups is 1. The molecular formula is C29H23N3O4S. The van der Waals surface area contributed by atoms with E-state index in [1.165, 1.54) is 23.9 Å². The van der Waals surface area contributed by atoms with E-state index in [9.17, 15) is 14.9 Å². The van der Waals surface area contributed by atoms with E-state index in [1.54, 1.807) is 36.1 Å². The first-order chi connectivity index (χ1) is 18.0. The van der Waals surface area contributed by atoms with Crippen molar-refractivity contribution in [2.45, 2.75) is 13.3 Å². The molecule has 2 heterocycles. The van der Waals surface area contributed by atoms with Gasteiger partial charge in [-0.05, 0) is 66.6 Å². The van der Waals surface area contributed by atoms with E-state index < -0.39 is 4.92 Å². The normalized spacial score (nSPS) is 15.6. The molecule has 7 nitrogen and oxygen atoms in total. The number of nitro benzene ring substituents is 1. The van der Waals surface area contributed by atoms with Gasteiger partial charge < -0.3 is 4.42 Å². The highest BCUT2D eigenvalue weighted by Gasteiger charge is 2.33. The molecule has 0 N–H and O–H groups in total. The van der Waals surface area contributed by atoms with Crippen LogP contribution in [0.4, 0.5) is 11.4 Å². The standard InChI is InChI=1S/C29H23N3O4S/c1-20-18-23(32(34)35)12-14-25(20)26-15-13-24(36-26)19-27-28(33)31(17-16-21-8-4-2-5-9-21)29(37-27)30-22-10-6-3-7-11-22/h2-15,18-19H,16-17H2,1H3/b27-19+,30-29?. The number of thioether (sulfide) groups is 1. The predicted molar refractivity (Wildman–Crippen MR) is 146 cm³/mol. The van der Waals surface area contributed by atoms with Crippen LogP contribution < -0.4 is 0 Å². The number of nitro groups is 1. The van der Waals surface area contributed by atoms with Crippen molar-refractivity contribution in [3.05, 3.63) is 123 Å². The summed E-state index contributed by atoms with van der Waals surface area (Å²) in [5.74, 6) is 0.974. The number of amides is 1. The molecule has 0 aliphatic carbocycles. The minimum atomic E-state index is -0.421. The second-order valence-corrected chi connectivity index (χ2v) is 9.50. The van der Waals surface area contributed by atoms with Gasteiger partial charge in [0.1, 0.15) is 11.5 Å². The molecule has 0 unspecified atom stereocenters. The summed E-state index contributed by atoms with van der Waals surface area (Å²) in [6, 6.07) is 27.8. The van der Waals surface area contributed by atoms with Gasteiger partial charge in [0, 0.05) is 30.3 Å². The highest BCUT2D eigenvalue weighted by molar-refractivity contribution is 8.18. The number of furan rings is 1. The molecule has 0 atom stereocenters. The second-order valence-electron chi connectivity index (χ2n) is 8.49. The SMILES string of the molecule is Cc1cc([N+](=O)[O-])ccc1-c1ccc(/C=C2/SC(=Nc3ccccc3)N(CCc3ccccc3)C2=O)o1. The van der Waals surface area contributed by atoms with Gasteiger partial charge in [0.2, 0.25) is 0 Å². The van der Waals surface area contributed by atoms with Gasteiger partial charge in [-0.15, -0.1) is 0 Å². The zero-order valence-electron chi connectivity index (χ0n) is 20.0. The highest BCUT2D eigenvalue weighted by Crippen LogP contribution is 2.36. The Morgan fingerprint density at radius 2 is 1.73 bits per heavy atom. The fraction of sp³-hybridized carbons (Fsp3) is 0.103. The molecule has 1 aromatic heterocycles. The Labute approximate surface area is 218 Å². The van der Waals surface area contributed by atoms with Gasteiger partial charge in [-0.2, -0.15) is 0 Å². The maximum absolute atomic E-state index is 13.4. The molecule has 5 rings (SSSR count). The first-order valence-corrected chi connectivity index (χ1v) is 12.5. The number of carbonyl (C=O) groups is 1. The van der Waals surface area contributed by atoms with Crippen molar-refractivity contribution in [2.24, 2.45) is 4.99 Å². The molecule has 1 fully saturated rings. The highest BCUT2D eigenvalue weighted by atomic mass is 32.2. The van der Waals surface area contributed by atoms with Crippen LogP contribution in [0.5, 0.6) is 0 Å². The number of aryl methyl sites for hydroxylation is 1. The van der Waals surface area contributed by atoms with Gasteiger partial charge in [0.05, 0.1) is 15.5 Å². The number of nitrogens with zero attached hydrogens (tertiary/aromatic N) is 3. The van der Waals surface area contributed by atoms with Crippen LogP contribution in [0.3, 0.4) is 0 Å². The number of rotatable bonds is 7. The molecule has 1 amide bonds. The molecule has 0 saturated carbocycles. The third kappa shape index (κ3) is 5.54. The number of hydrogen-bond donors (Lipinski definition) is 0. The van der Waals surface area contributed by atoms with Crippen molar-refractivity contribution in [1.82, 2.24) is 4.90 Å². The van der Waals surface area contributed by atoms with Crippen molar-refractivity contribution in [3.8, 4) is 11.3 Å². The first-order valence-electron chi connectivity index (χ1n) is 11.7. The molecule has 1 aliphatic rings. The van der Waals surface area contributed by atoms with Gasteiger partial charge in [0.25, 0.3) is 11.6 Å². The fourth-order valence-corrected chi connectivity index (χ4v) is 5.03. The fourth-order valence-electron chi connectivity index (χ4n) is 4.03. The Bertz CT molecular complexity index is 1510. The third-order valence-corrected chi connectivity index (χ3v) is 6.93. The monoisotopic (exact) mass is 509 g/mol.